The van der Waals surface area contributed by atoms with E-state index < -0.39 is 0 Å². The number of allylic oxidation sites excluding steroid dienone is 1. The first kappa shape index (κ1) is 10.0. The number of nitrogens with one attached hydrogen (secondary N) is 1. The summed E-state index contributed by atoms with van der Waals surface area (Å²) in [5, 5.41) is 1.33. The van der Waals surface area contributed by atoms with Crippen molar-refractivity contribution in [2.45, 2.75) is 26.7 Å². The van der Waals surface area contributed by atoms with Crippen molar-refractivity contribution >= 4 is 17.0 Å². The number of fused-ring (bicyclic) bond motifs is 1. The number of benzene rings is 1. The first-order valence-corrected chi connectivity index (χ1v) is 5.63. The van der Waals surface area contributed by atoms with Gasteiger partial charge < -0.3 is 4.98 Å². The number of aryl methyl sites for hydroxylation is 1. The van der Waals surface area contributed by atoms with Crippen LogP contribution >= 0.6 is 0 Å². The predicted molar refractivity (Wildman–Crippen MR) is 69.1 cm³/mol. The molecule has 1 heterocycles. The van der Waals surface area contributed by atoms with Crippen LogP contribution in [-0.2, 0) is 6.42 Å². The van der Waals surface area contributed by atoms with Gasteiger partial charge in [0, 0.05) is 23.6 Å². The van der Waals surface area contributed by atoms with Crippen LogP contribution in [0.5, 0.6) is 0 Å². The molecule has 80 valence electrons. The fraction of sp³-hybridized carbons (Fsp3) is 0.286. The highest BCUT2D eigenvalue weighted by atomic mass is 14.7. The lowest BCUT2D eigenvalue weighted by Gasteiger charge is -1.94. The number of aromatic nitrogens is 1. The monoisotopic (exact) mass is 201 g/mol. The molecule has 1 N–H and O–H groups in total. The molecule has 0 unspecified atom stereocenters. The van der Waals surface area contributed by atoms with Gasteiger partial charge in [-0.25, -0.2) is 0 Å². The summed E-state index contributed by atoms with van der Waals surface area (Å²) in [5.74, 6) is 0. The van der Waals surface area contributed by atoms with Crippen molar-refractivity contribution in [1.82, 2.24) is 4.98 Å². The molecule has 2 rings (SSSR count). The van der Waals surface area contributed by atoms with Gasteiger partial charge in [0.25, 0.3) is 0 Å². The average Bonchev–Trinajstić information content (AvgIpc) is 2.64. The highest BCUT2D eigenvalue weighted by molar-refractivity contribution is 5.90. The number of aromatic amines is 1. The largest absolute Gasteiger partial charge is 0.358 e. The normalized spacial score (nSPS) is 11.6. The molecule has 0 radical (unpaired) electrons. The van der Waals surface area contributed by atoms with E-state index in [1.54, 1.807) is 0 Å². The molecule has 0 bridgehead atoms. The lowest BCUT2D eigenvalue weighted by molar-refractivity contribution is 1.07. The van der Waals surface area contributed by atoms with E-state index in [2.05, 4.69) is 55.2 Å². The molecule has 0 aliphatic heterocycles. The van der Waals surface area contributed by atoms with E-state index in [1.165, 1.54) is 22.2 Å². The Bertz CT molecular complexity index is 482. The summed E-state index contributed by atoms with van der Waals surface area (Å²) < 4.78 is 0. The van der Waals surface area contributed by atoms with Gasteiger partial charge >= 0.3 is 0 Å². The van der Waals surface area contributed by atoms with Crippen LogP contribution in [0.15, 0.2) is 30.3 Å². The second kappa shape index (κ2) is 4.35. The molecule has 0 saturated carbocycles. The summed E-state index contributed by atoms with van der Waals surface area (Å²) in [6, 6.07) is 8.49. The molecule has 0 atom stereocenters. The average molecular weight is 201 g/mol. The summed E-state index contributed by atoms with van der Waals surface area (Å²) in [6.45, 7) is 4.35. The summed E-state index contributed by atoms with van der Waals surface area (Å²) >= 11 is 0. The van der Waals surface area contributed by atoms with Crippen molar-refractivity contribution in [3.8, 4) is 0 Å². The number of para-hydroxylation sites is 1. The molecule has 0 amide bonds. The van der Waals surface area contributed by atoms with E-state index in [0.29, 0.717) is 0 Å². The highest BCUT2D eigenvalue weighted by Gasteiger charge is 2.05. The van der Waals surface area contributed by atoms with Crippen LogP contribution < -0.4 is 0 Å². The lowest BCUT2D eigenvalue weighted by Crippen LogP contribution is -1.81. The third-order valence-corrected chi connectivity index (χ3v) is 2.70. The van der Waals surface area contributed by atoms with Crippen LogP contribution in [0.2, 0.25) is 0 Å². The Morgan fingerprint density at radius 2 is 2.07 bits per heavy atom. The Hall–Kier alpha value is -1.50. The topological polar surface area (TPSA) is 15.8 Å². The van der Waals surface area contributed by atoms with Gasteiger partial charge in [0.2, 0.25) is 0 Å². The van der Waals surface area contributed by atoms with E-state index >= 15 is 0 Å². The zero-order valence-electron chi connectivity index (χ0n) is 9.38. The summed E-state index contributed by atoms with van der Waals surface area (Å²) in [4.78, 5) is 3.47. The van der Waals surface area contributed by atoms with Crippen LogP contribution in [0.4, 0.5) is 0 Å². The fourth-order valence-electron chi connectivity index (χ4n) is 1.92. The second-order valence-electron chi connectivity index (χ2n) is 3.73. The molecule has 0 spiro atoms. The van der Waals surface area contributed by atoms with Gasteiger partial charge in [-0.1, -0.05) is 44.2 Å². The van der Waals surface area contributed by atoms with Crippen molar-refractivity contribution in [3.05, 3.63) is 41.6 Å². The molecule has 0 aliphatic carbocycles. The van der Waals surface area contributed by atoms with Crippen LogP contribution in [0, 0.1) is 0 Å². The molecule has 1 aromatic heterocycles. The summed E-state index contributed by atoms with van der Waals surface area (Å²) in [5.41, 5.74) is 3.93. The first-order valence-electron chi connectivity index (χ1n) is 5.63. The van der Waals surface area contributed by atoms with Crippen molar-refractivity contribution in [1.29, 1.82) is 0 Å². The van der Waals surface area contributed by atoms with E-state index in [-0.39, 0.29) is 1.43 Å². The lowest BCUT2D eigenvalue weighted by atomic mass is 10.1. The number of hydrogen-bond acceptors (Lipinski definition) is 0. The van der Waals surface area contributed by atoms with Gasteiger partial charge in [0.15, 0.2) is 0 Å². The molecule has 1 nitrogen and oxygen atoms in total. The maximum atomic E-state index is 3.47. The number of H-pyrrole nitrogens is 1. The molecule has 0 saturated heterocycles. The van der Waals surface area contributed by atoms with Gasteiger partial charge in [0.05, 0.1) is 0 Å². The Labute approximate surface area is 92.3 Å². The number of hydrogen-bond donors (Lipinski definition) is 1. The minimum absolute atomic E-state index is 0. The molecule has 15 heavy (non-hydrogen) atoms. The predicted octanol–water partition coefficient (Wildman–Crippen LogP) is 4.40. The quantitative estimate of drug-likeness (QED) is 0.757. The molecule has 2 aromatic rings. The van der Waals surface area contributed by atoms with Crippen molar-refractivity contribution in [2.75, 3.05) is 0 Å². The summed E-state index contributed by atoms with van der Waals surface area (Å²) in [7, 11) is 0. The maximum absolute atomic E-state index is 3.47. The van der Waals surface area contributed by atoms with Crippen molar-refractivity contribution < 1.29 is 1.43 Å². The van der Waals surface area contributed by atoms with E-state index in [9.17, 15) is 0 Å². The molecule has 1 aromatic carbocycles. The second-order valence-corrected chi connectivity index (χ2v) is 3.73. The van der Waals surface area contributed by atoms with Gasteiger partial charge in [-0.15, -0.1) is 0 Å². The zero-order valence-corrected chi connectivity index (χ0v) is 9.38. The highest BCUT2D eigenvalue weighted by Crippen LogP contribution is 2.24. The van der Waals surface area contributed by atoms with Crippen LogP contribution in [0.3, 0.4) is 0 Å². The minimum atomic E-state index is 0. The maximum Gasteiger partial charge on any atom is 0.0462 e. The number of rotatable bonds is 3. The molecule has 1 heteroatoms. The van der Waals surface area contributed by atoms with Crippen LogP contribution in [0.1, 0.15) is 33.0 Å². The standard InChI is InChI=1S/C14H17N.H2/c1-3-5-8-11-12-9-6-7-10-14(12)15-13(11)4-2;/h5-10,15H,3-4H2,1-2H3;1H/b8-5-;. The zero-order chi connectivity index (χ0) is 10.7. The molecule has 0 aliphatic rings. The Balaban J connectivity index is 0.00000128. The third-order valence-electron chi connectivity index (χ3n) is 2.70. The SMILES string of the molecule is CC/C=C\c1c(CC)[nH]c2ccccc12.[HH]. The van der Waals surface area contributed by atoms with Crippen molar-refractivity contribution in [3.63, 3.8) is 0 Å². The van der Waals surface area contributed by atoms with Crippen LogP contribution in [-0.4, -0.2) is 4.98 Å². The summed E-state index contributed by atoms with van der Waals surface area (Å²) in [6.07, 6.45) is 6.59. The Kier molecular flexibility index (Phi) is 2.91. The first-order chi connectivity index (χ1) is 7.36. The molecular weight excluding hydrogens is 182 g/mol. The smallest absolute Gasteiger partial charge is 0.0462 e. The van der Waals surface area contributed by atoms with Gasteiger partial charge in [-0.2, -0.15) is 0 Å². The van der Waals surface area contributed by atoms with Gasteiger partial charge in [0.1, 0.15) is 0 Å². The molecular formula is C14H19N. The van der Waals surface area contributed by atoms with E-state index in [0.717, 1.165) is 12.8 Å². The van der Waals surface area contributed by atoms with Crippen LogP contribution in [0.25, 0.3) is 17.0 Å². The van der Waals surface area contributed by atoms with E-state index in [1.807, 2.05) is 0 Å². The Morgan fingerprint density at radius 3 is 2.80 bits per heavy atom. The minimum Gasteiger partial charge on any atom is -0.358 e. The van der Waals surface area contributed by atoms with Gasteiger partial charge in [-0.3, -0.25) is 0 Å². The van der Waals surface area contributed by atoms with Gasteiger partial charge in [-0.05, 0) is 18.9 Å². The fourth-order valence-corrected chi connectivity index (χ4v) is 1.92. The third kappa shape index (κ3) is 1.82. The Morgan fingerprint density at radius 1 is 1.27 bits per heavy atom. The molecule has 0 fully saturated rings. The van der Waals surface area contributed by atoms with E-state index in [4.69, 9.17) is 0 Å². The van der Waals surface area contributed by atoms with Crippen molar-refractivity contribution in [2.24, 2.45) is 0 Å².